The lowest BCUT2D eigenvalue weighted by molar-refractivity contribution is -0.128. The summed E-state index contributed by atoms with van der Waals surface area (Å²) in [4.78, 5) is 33.2. The number of carbonyl (C=O) groups is 2. The number of nitrogens with one attached hydrogen (secondary N) is 1. The fourth-order valence-corrected chi connectivity index (χ4v) is 5.00. The quantitative estimate of drug-likeness (QED) is 0.652. The Labute approximate surface area is 172 Å². The van der Waals surface area contributed by atoms with Crippen molar-refractivity contribution >= 4 is 39.6 Å². The molecule has 0 unspecified atom stereocenters. The van der Waals surface area contributed by atoms with Crippen molar-refractivity contribution in [1.82, 2.24) is 9.88 Å². The first-order valence-corrected chi connectivity index (χ1v) is 10.9. The zero-order valence-electron chi connectivity index (χ0n) is 15.8. The number of carbonyl (C=O) groups excluding carboxylic acids is 2. The topological polar surface area (TPSA) is 62.3 Å². The summed E-state index contributed by atoms with van der Waals surface area (Å²) in [6, 6.07) is 9.54. The number of hydrogen-bond donors (Lipinski definition) is 1. The van der Waals surface area contributed by atoms with Gasteiger partial charge in [-0.2, -0.15) is 0 Å². The molecule has 0 aliphatic carbocycles. The summed E-state index contributed by atoms with van der Waals surface area (Å²) in [5, 5.41) is 5.45. The summed E-state index contributed by atoms with van der Waals surface area (Å²) in [5.74, 6) is 0.0281. The van der Waals surface area contributed by atoms with Crippen LogP contribution in [0.15, 0.2) is 35.7 Å². The van der Waals surface area contributed by atoms with Gasteiger partial charge < -0.3 is 4.90 Å². The predicted molar refractivity (Wildman–Crippen MR) is 114 cm³/mol. The average Bonchev–Trinajstić information content (AvgIpc) is 3.37. The van der Waals surface area contributed by atoms with Crippen molar-refractivity contribution < 1.29 is 9.59 Å². The molecule has 1 fully saturated rings. The van der Waals surface area contributed by atoms with E-state index in [0.717, 1.165) is 29.8 Å². The van der Waals surface area contributed by atoms with E-state index in [2.05, 4.69) is 30.2 Å². The van der Waals surface area contributed by atoms with Gasteiger partial charge in [0, 0.05) is 45.8 Å². The molecule has 4 rings (SSSR count). The van der Waals surface area contributed by atoms with E-state index in [1.165, 1.54) is 21.1 Å². The van der Waals surface area contributed by atoms with Gasteiger partial charge in [0.05, 0.1) is 5.69 Å². The van der Waals surface area contributed by atoms with Crippen molar-refractivity contribution in [3.05, 3.63) is 56.6 Å². The van der Waals surface area contributed by atoms with Crippen LogP contribution in [0.25, 0.3) is 11.3 Å². The van der Waals surface area contributed by atoms with E-state index < -0.39 is 0 Å². The van der Waals surface area contributed by atoms with Crippen molar-refractivity contribution in [2.45, 2.75) is 33.2 Å². The molecule has 2 aromatic heterocycles. The fraction of sp³-hybridized carbons (Fsp3) is 0.286. The minimum absolute atomic E-state index is 0.178. The SMILES string of the molecule is Cc1cc(-c2csc(NC(=O)c3ccc(CN4CCCC4=O)cc3)n2)c(C)s1. The second kappa shape index (κ2) is 7.85. The van der Waals surface area contributed by atoms with Crippen LogP contribution < -0.4 is 5.32 Å². The van der Waals surface area contributed by atoms with Gasteiger partial charge in [-0.25, -0.2) is 4.98 Å². The zero-order chi connectivity index (χ0) is 19.7. The molecule has 1 aliphatic heterocycles. The third-order valence-corrected chi connectivity index (χ3v) is 6.53. The number of thiophene rings is 1. The van der Waals surface area contributed by atoms with E-state index in [1.54, 1.807) is 23.5 Å². The maximum Gasteiger partial charge on any atom is 0.257 e. The van der Waals surface area contributed by atoms with E-state index in [1.807, 2.05) is 22.4 Å². The third-order valence-electron chi connectivity index (χ3n) is 4.80. The molecule has 1 saturated heterocycles. The maximum atomic E-state index is 12.5. The Kier molecular flexibility index (Phi) is 5.28. The van der Waals surface area contributed by atoms with Crippen LogP contribution in [0.5, 0.6) is 0 Å². The van der Waals surface area contributed by atoms with Gasteiger partial charge in [0.15, 0.2) is 5.13 Å². The Morgan fingerprint density at radius 1 is 1.25 bits per heavy atom. The number of aryl methyl sites for hydroxylation is 2. The Hall–Kier alpha value is -2.51. The predicted octanol–water partition coefficient (Wildman–Crippen LogP) is 4.86. The molecule has 7 heteroatoms. The van der Waals surface area contributed by atoms with Gasteiger partial charge in [-0.1, -0.05) is 12.1 Å². The Morgan fingerprint density at radius 3 is 2.68 bits per heavy atom. The molecular formula is C21H21N3O2S2. The molecule has 5 nitrogen and oxygen atoms in total. The van der Waals surface area contributed by atoms with Crippen molar-refractivity contribution in [2.24, 2.45) is 0 Å². The Morgan fingerprint density at radius 2 is 2.04 bits per heavy atom. The number of nitrogens with zero attached hydrogens (tertiary/aromatic N) is 2. The van der Waals surface area contributed by atoms with E-state index in [4.69, 9.17) is 0 Å². The van der Waals surface area contributed by atoms with E-state index in [-0.39, 0.29) is 11.8 Å². The van der Waals surface area contributed by atoms with Gasteiger partial charge >= 0.3 is 0 Å². The molecule has 1 aromatic carbocycles. The number of rotatable bonds is 5. The summed E-state index contributed by atoms with van der Waals surface area (Å²) in [5.41, 5.74) is 3.63. The third kappa shape index (κ3) is 4.00. The maximum absolute atomic E-state index is 12.5. The van der Waals surface area contributed by atoms with Gasteiger partial charge in [-0.15, -0.1) is 22.7 Å². The smallest absolute Gasteiger partial charge is 0.257 e. The van der Waals surface area contributed by atoms with Crippen molar-refractivity contribution in [1.29, 1.82) is 0 Å². The lowest BCUT2D eigenvalue weighted by Crippen LogP contribution is -2.23. The van der Waals surface area contributed by atoms with Crippen LogP contribution >= 0.6 is 22.7 Å². The molecule has 1 aliphatic rings. The molecule has 0 radical (unpaired) electrons. The molecule has 144 valence electrons. The van der Waals surface area contributed by atoms with Gasteiger partial charge in [0.1, 0.15) is 0 Å². The number of benzene rings is 1. The number of aromatic nitrogens is 1. The van der Waals surface area contributed by atoms with Crippen molar-refractivity contribution in [3.8, 4) is 11.3 Å². The lowest BCUT2D eigenvalue weighted by Gasteiger charge is -2.15. The largest absolute Gasteiger partial charge is 0.338 e. The number of thiazole rings is 1. The standard InChI is InChI=1S/C21H21N3O2S2/c1-13-10-17(14(2)28-13)18-12-27-21(22-18)23-20(26)16-7-5-15(6-8-16)11-24-9-3-4-19(24)25/h5-8,10,12H,3-4,9,11H2,1-2H3,(H,22,23,26). The first-order valence-electron chi connectivity index (χ1n) is 9.20. The second-order valence-electron chi connectivity index (χ2n) is 6.93. The Balaban J connectivity index is 1.41. The van der Waals surface area contributed by atoms with Crippen LogP contribution in [-0.4, -0.2) is 28.2 Å². The molecule has 1 N–H and O–H groups in total. The first-order chi connectivity index (χ1) is 13.5. The highest BCUT2D eigenvalue weighted by Gasteiger charge is 2.20. The minimum Gasteiger partial charge on any atom is -0.338 e. The van der Waals surface area contributed by atoms with Gasteiger partial charge in [-0.05, 0) is 44.0 Å². The Bertz CT molecular complexity index is 1020. The van der Waals surface area contributed by atoms with Crippen LogP contribution in [0.1, 0.15) is 38.5 Å². The van der Waals surface area contributed by atoms with Crippen molar-refractivity contribution in [3.63, 3.8) is 0 Å². The second-order valence-corrected chi connectivity index (χ2v) is 9.25. The van der Waals surface area contributed by atoms with Crippen molar-refractivity contribution in [2.75, 3.05) is 11.9 Å². The molecular weight excluding hydrogens is 390 g/mol. The lowest BCUT2D eigenvalue weighted by atomic mass is 10.1. The minimum atomic E-state index is -0.178. The summed E-state index contributed by atoms with van der Waals surface area (Å²) in [7, 11) is 0. The van der Waals surface area contributed by atoms with Gasteiger partial charge in [0.2, 0.25) is 5.91 Å². The molecule has 0 atom stereocenters. The zero-order valence-corrected chi connectivity index (χ0v) is 17.5. The molecule has 0 saturated carbocycles. The van der Waals surface area contributed by atoms with Crippen LogP contribution in [-0.2, 0) is 11.3 Å². The molecule has 28 heavy (non-hydrogen) atoms. The summed E-state index contributed by atoms with van der Waals surface area (Å²) in [6.45, 7) is 5.59. The van der Waals surface area contributed by atoms with Crippen LogP contribution in [0.2, 0.25) is 0 Å². The van der Waals surface area contributed by atoms with Gasteiger partial charge in [0.25, 0.3) is 5.91 Å². The van der Waals surface area contributed by atoms with E-state index in [0.29, 0.717) is 23.7 Å². The first kappa shape index (κ1) is 18.8. The van der Waals surface area contributed by atoms with E-state index in [9.17, 15) is 9.59 Å². The highest BCUT2D eigenvalue weighted by molar-refractivity contribution is 7.14. The van der Waals surface area contributed by atoms with Gasteiger partial charge in [-0.3, -0.25) is 14.9 Å². The van der Waals surface area contributed by atoms with Crippen LogP contribution in [0.4, 0.5) is 5.13 Å². The average molecular weight is 412 g/mol. The highest BCUT2D eigenvalue weighted by atomic mass is 32.1. The fourth-order valence-electron chi connectivity index (χ4n) is 3.36. The number of anilines is 1. The molecule has 0 bridgehead atoms. The van der Waals surface area contributed by atoms with Crippen LogP contribution in [0.3, 0.4) is 0 Å². The monoisotopic (exact) mass is 411 g/mol. The number of likely N-dealkylation sites (tertiary alicyclic amines) is 1. The summed E-state index contributed by atoms with van der Waals surface area (Å²) >= 11 is 3.18. The highest BCUT2D eigenvalue weighted by Crippen LogP contribution is 2.32. The molecule has 3 heterocycles. The molecule has 2 amide bonds. The summed E-state index contributed by atoms with van der Waals surface area (Å²) < 4.78 is 0. The van der Waals surface area contributed by atoms with E-state index >= 15 is 0 Å². The van der Waals surface area contributed by atoms with Crippen LogP contribution in [0, 0.1) is 13.8 Å². The summed E-state index contributed by atoms with van der Waals surface area (Å²) in [6.07, 6.45) is 1.57. The number of amides is 2. The molecule has 0 spiro atoms. The number of hydrogen-bond acceptors (Lipinski definition) is 5. The normalized spacial score (nSPS) is 13.9. The molecule has 3 aromatic rings.